The SMILES string of the molecule is CC(C)(C)n1cnc2ccc(-c3c[nH]c4ncc(C(=O)Nc5cccc(C#N)c5)cc34)cc21. The summed E-state index contributed by atoms with van der Waals surface area (Å²) in [6.07, 6.45) is 5.33. The van der Waals surface area contributed by atoms with E-state index in [9.17, 15) is 4.79 Å². The molecule has 3 heterocycles. The van der Waals surface area contributed by atoms with E-state index in [-0.39, 0.29) is 11.4 Å². The molecule has 0 fully saturated rings. The van der Waals surface area contributed by atoms with Crippen LogP contribution in [0, 0.1) is 11.3 Å². The van der Waals surface area contributed by atoms with E-state index >= 15 is 0 Å². The number of hydrogen-bond acceptors (Lipinski definition) is 4. The molecule has 0 aliphatic heterocycles. The summed E-state index contributed by atoms with van der Waals surface area (Å²) in [6, 6.07) is 16.9. The molecule has 0 bridgehead atoms. The Morgan fingerprint density at radius 3 is 2.76 bits per heavy atom. The highest BCUT2D eigenvalue weighted by Crippen LogP contribution is 2.32. The molecule has 0 aliphatic carbocycles. The van der Waals surface area contributed by atoms with Crippen LogP contribution >= 0.6 is 0 Å². The first-order valence-electron chi connectivity index (χ1n) is 10.6. The number of fused-ring (bicyclic) bond motifs is 2. The van der Waals surface area contributed by atoms with Crippen LogP contribution in [-0.2, 0) is 5.54 Å². The minimum Gasteiger partial charge on any atom is -0.346 e. The maximum atomic E-state index is 12.9. The van der Waals surface area contributed by atoms with Crippen LogP contribution in [0.2, 0.25) is 0 Å². The molecule has 2 N–H and O–H groups in total. The number of amides is 1. The number of nitrogens with zero attached hydrogens (tertiary/aromatic N) is 4. The Labute approximate surface area is 190 Å². The van der Waals surface area contributed by atoms with Gasteiger partial charge in [-0.1, -0.05) is 12.1 Å². The van der Waals surface area contributed by atoms with Crippen LogP contribution < -0.4 is 5.32 Å². The van der Waals surface area contributed by atoms with Crippen LogP contribution in [0.25, 0.3) is 33.2 Å². The van der Waals surface area contributed by atoms with Gasteiger partial charge in [0.2, 0.25) is 0 Å². The Morgan fingerprint density at radius 2 is 1.97 bits per heavy atom. The van der Waals surface area contributed by atoms with E-state index in [1.54, 1.807) is 30.5 Å². The summed E-state index contributed by atoms with van der Waals surface area (Å²) in [5.74, 6) is -0.284. The largest absolute Gasteiger partial charge is 0.346 e. The second kappa shape index (κ2) is 7.61. The number of hydrogen-bond donors (Lipinski definition) is 2. The zero-order valence-electron chi connectivity index (χ0n) is 18.5. The lowest BCUT2D eigenvalue weighted by Crippen LogP contribution is -2.20. The van der Waals surface area contributed by atoms with Crippen molar-refractivity contribution in [2.75, 3.05) is 5.32 Å². The summed E-state index contributed by atoms with van der Waals surface area (Å²) in [5.41, 5.74) is 6.06. The lowest BCUT2D eigenvalue weighted by atomic mass is 10.0. The Kier molecular flexibility index (Phi) is 4.72. The first kappa shape index (κ1) is 20.5. The van der Waals surface area contributed by atoms with Crippen LogP contribution in [0.5, 0.6) is 0 Å². The maximum absolute atomic E-state index is 12.9. The van der Waals surface area contributed by atoms with E-state index < -0.39 is 0 Å². The molecule has 33 heavy (non-hydrogen) atoms. The number of carbonyl (C=O) groups is 1. The highest BCUT2D eigenvalue weighted by molar-refractivity contribution is 6.07. The van der Waals surface area contributed by atoms with Gasteiger partial charge < -0.3 is 14.9 Å². The molecule has 7 nitrogen and oxygen atoms in total. The Hall–Kier alpha value is -4.44. The van der Waals surface area contributed by atoms with E-state index in [4.69, 9.17) is 5.26 Å². The van der Waals surface area contributed by atoms with Crippen molar-refractivity contribution in [1.82, 2.24) is 19.5 Å². The third-order valence-electron chi connectivity index (χ3n) is 5.62. The van der Waals surface area contributed by atoms with E-state index in [0.29, 0.717) is 22.5 Å². The lowest BCUT2D eigenvalue weighted by molar-refractivity contribution is 0.102. The first-order valence-corrected chi connectivity index (χ1v) is 10.6. The van der Waals surface area contributed by atoms with Crippen LogP contribution in [0.3, 0.4) is 0 Å². The van der Waals surface area contributed by atoms with Crippen molar-refractivity contribution in [2.24, 2.45) is 0 Å². The average molecular weight is 435 g/mol. The molecule has 0 radical (unpaired) electrons. The number of imidazole rings is 1. The minimum atomic E-state index is -0.284. The monoisotopic (exact) mass is 434 g/mol. The molecule has 162 valence electrons. The van der Waals surface area contributed by atoms with E-state index in [0.717, 1.165) is 27.5 Å². The van der Waals surface area contributed by atoms with Crippen molar-refractivity contribution in [2.45, 2.75) is 26.3 Å². The third kappa shape index (κ3) is 3.72. The number of aromatic amines is 1. The number of H-pyrrole nitrogens is 1. The van der Waals surface area contributed by atoms with E-state index in [2.05, 4.69) is 57.7 Å². The van der Waals surface area contributed by atoms with E-state index in [1.165, 1.54) is 0 Å². The molecule has 0 saturated carbocycles. The molecule has 3 aromatic heterocycles. The summed E-state index contributed by atoms with van der Waals surface area (Å²) in [6.45, 7) is 6.44. The quantitative estimate of drug-likeness (QED) is 0.394. The molecule has 0 spiro atoms. The highest BCUT2D eigenvalue weighted by atomic mass is 16.1. The molecular formula is C26H22N6O. The fraction of sp³-hybridized carbons (Fsp3) is 0.154. The number of anilines is 1. The molecule has 2 aromatic carbocycles. The van der Waals surface area contributed by atoms with E-state index in [1.807, 2.05) is 30.7 Å². The van der Waals surface area contributed by atoms with Crippen LogP contribution in [0.1, 0.15) is 36.7 Å². The molecule has 0 aliphatic rings. The number of nitrogens with one attached hydrogen (secondary N) is 2. The fourth-order valence-corrected chi connectivity index (χ4v) is 3.95. The first-order chi connectivity index (χ1) is 15.8. The molecular weight excluding hydrogens is 412 g/mol. The van der Waals surface area contributed by atoms with Gasteiger partial charge in [-0.3, -0.25) is 4.79 Å². The number of carbonyl (C=O) groups excluding carboxylic acids is 1. The van der Waals surface area contributed by atoms with Crippen molar-refractivity contribution in [3.63, 3.8) is 0 Å². The van der Waals surface area contributed by atoms with Gasteiger partial charge >= 0.3 is 0 Å². The molecule has 0 atom stereocenters. The minimum absolute atomic E-state index is 0.0940. The van der Waals surface area contributed by atoms with Gasteiger partial charge in [0.1, 0.15) is 5.65 Å². The van der Waals surface area contributed by atoms with Crippen molar-refractivity contribution in [3.8, 4) is 17.2 Å². The number of aromatic nitrogens is 4. The standard InChI is InChI=1S/C26H22N6O/c1-26(2,3)32-15-30-22-8-7-17(11-23(22)32)21-14-29-24-20(21)10-18(13-28-24)25(33)31-19-6-4-5-16(9-19)12-27/h4-11,13-15H,1-3H3,(H,28,29)(H,31,33). The maximum Gasteiger partial charge on any atom is 0.257 e. The topological polar surface area (TPSA) is 99.4 Å². The summed E-state index contributed by atoms with van der Waals surface area (Å²) < 4.78 is 2.16. The fourth-order valence-electron chi connectivity index (χ4n) is 3.95. The number of pyridine rings is 1. The average Bonchev–Trinajstić information content (AvgIpc) is 3.42. The summed E-state index contributed by atoms with van der Waals surface area (Å²) in [7, 11) is 0. The number of rotatable bonds is 3. The van der Waals surface area contributed by atoms with Gasteiger partial charge in [-0.15, -0.1) is 0 Å². The Morgan fingerprint density at radius 1 is 1.12 bits per heavy atom. The number of benzene rings is 2. The summed E-state index contributed by atoms with van der Waals surface area (Å²) in [4.78, 5) is 25.0. The molecule has 7 heteroatoms. The van der Waals surface area contributed by atoms with Crippen LogP contribution in [0.15, 0.2) is 67.3 Å². The van der Waals surface area contributed by atoms with Gasteiger partial charge in [-0.2, -0.15) is 5.26 Å². The Balaban J connectivity index is 1.54. The Bertz CT molecular complexity index is 1560. The normalized spacial score (nSPS) is 11.6. The zero-order chi connectivity index (χ0) is 23.2. The predicted octanol–water partition coefficient (Wildman–Crippen LogP) is 5.46. The highest BCUT2D eigenvalue weighted by Gasteiger charge is 2.18. The third-order valence-corrected chi connectivity index (χ3v) is 5.62. The van der Waals surface area contributed by atoms with Crippen LogP contribution in [0.4, 0.5) is 5.69 Å². The van der Waals surface area contributed by atoms with Gasteiger partial charge in [-0.25, -0.2) is 9.97 Å². The molecule has 0 unspecified atom stereocenters. The molecule has 5 rings (SSSR count). The summed E-state index contributed by atoms with van der Waals surface area (Å²) in [5, 5.41) is 12.8. The zero-order valence-corrected chi connectivity index (χ0v) is 18.5. The lowest BCUT2D eigenvalue weighted by Gasteiger charge is -2.21. The van der Waals surface area contributed by atoms with Gasteiger partial charge in [0.15, 0.2) is 0 Å². The van der Waals surface area contributed by atoms with Crippen molar-refractivity contribution >= 4 is 33.7 Å². The molecule has 0 saturated heterocycles. The molecule has 5 aromatic rings. The second-order valence-corrected chi connectivity index (χ2v) is 8.96. The van der Waals surface area contributed by atoms with Gasteiger partial charge in [-0.05, 0) is 62.7 Å². The molecule has 1 amide bonds. The van der Waals surface area contributed by atoms with Gasteiger partial charge in [0.05, 0.1) is 34.6 Å². The van der Waals surface area contributed by atoms with Gasteiger partial charge in [0, 0.05) is 34.6 Å². The van der Waals surface area contributed by atoms with Crippen molar-refractivity contribution < 1.29 is 4.79 Å². The van der Waals surface area contributed by atoms with Crippen LogP contribution in [-0.4, -0.2) is 25.4 Å². The van der Waals surface area contributed by atoms with Crippen molar-refractivity contribution in [1.29, 1.82) is 5.26 Å². The number of nitriles is 1. The van der Waals surface area contributed by atoms with Gasteiger partial charge in [0.25, 0.3) is 5.91 Å². The smallest absolute Gasteiger partial charge is 0.257 e. The summed E-state index contributed by atoms with van der Waals surface area (Å²) >= 11 is 0. The van der Waals surface area contributed by atoms with Crippen molar-refractivity contribution in [3.05, 3.63) is 78.4 Å². The predicted molar refractivity (Wildman–Crippen MR) is 129 cm³/mol. The second-order valence-electron chi connectivity index (χ2n) is 8.96.